The van der Waals surface area contributed by atoms with Gasteiger partial charge in [0.2, 0.25) is 0 Å². The van der Waals surface area contributed by atoms with Crippen LogP contribution in [0, 0.1) is 15.9 Å². The Balaban J connectivity index is 1.49. The quantitative estimate of drug-likeness (QED) is 0.566. The smallest absolute Gasteiger partial charge is 0.293 e. The lowest BCUT2D eigenvalue weighted by molar-refractivity contribution is -0.384. The van der Waals surface area contributed by atoms with E-state index in [9.17, 15) is 19.3 Å². The van der Waals surface area contributed by atoms with E-state index >= 15 is 0 Å². The van der Waals surface area contributed by atoms with Gasteiger partial charge in [0.15, 0.2) is 0 Å². The fourth-order valence-corrected chi connectivity index (χ4v) is 4.24. The van der Waals surface area contributed by atoms with Crippen LogP contribution in [0.1, 0.15) is 29.6 Å². The van der Waals surface area contributed by atoms with Gasteiger partial charge in [0.1, 0.15) is 11.5 Å². The molecule has 1 amide bonds. The van der Waals surface area contributed by atoms with Gasteiger partial charge >= 0.3 is 0 Å². The molecule has 0 atom stereocenters. The number of nitrogens with zero attached hydrogens (tertiary/aromatic N) is 4. The van der Waals surface area contributed by atoms with Crippen molar-refractivity contribution in [3.05, 3.63) is 64.0 Å². The van der Waals surface area contributed by atoms with E-state index in [2.05, 4.69) is 4.90 Å². The first-order valence-corrected chi connectivity index (χ1v) is 10.4. The maximum Gasteiger partial charge on any atom is 0.293 e. The molecule has 0 unspecified atom stereocenters. The summed E-state index contributed by atoms with van der Waals surface area (Å²) in [4.78, 5) is 30.2. The first-order chi connectivity index (χ1) is 14.5. The SMILES string of the molecule is O=C(c1ccc(N2CCCC2)c([N+](=O)[O-])c1)N1CCCN(c2ccc(F)cc2)CC1. The maximum absolute atomic E-state index is 13.2. The van der Waals surface area contributed by atoms with Gasteiger partial charge in [-0.1, -0.05) is 0 Å². The molecule has 7 nitrogen and oxygen atoms in total. The number of rotatable bonds is 4. The molecule has 0 saturated carbocycles. The molecule has 2 aliphatic heterocycles. The zero-order valence-corrected chi connectivity index (χ0v) is 16.8. The van der Waals surface area contributed by atoms with Crippen LogP contribution in [0.3, 0.4) is 0 Å². The molecule has 2 aromatic rings. The Hall–Kier alpha value is -3.16. The number of amides is 1. The third-order valence-corrected chi connectivity index (χ3v) is 5.84. The Morgan fingerprint density at radius 2 is 1.57 bits per heavy atom. The van der Waals surface area contributed by atoms with Crippen molar-refractivity contribution in [2.75, 3.05) is 49.1 Å². The number of carbonyl (C=O) groups is 1. The number of benzene rings is 2. The van der Waals surface area contributed by atoms with E-state index in [1.165, 1.54) is 18.2 Å². The molecule has 2 aliphatic rings. The molecule has 2 heterocycles. The lowest BCUT2D eigenvalue weighted by Crippen LogP contribution is -2.35. The van der Waals surface area contributed by atoms with Crippen LogP contribution in [0.15, 0.2) is 42.5 Å². The van der Waals surface area contributed by atoms with Crippen molar-refractivity contribution in [1.82, 2.24) is 4.90 Å². The Kier molecular flexibility index (Phi) is 5.83. The van der Waals surface area contributed by atoms with Crippen LogP contribution in [0.4, 0.5) is 21.5 Å². The van der Waals surface area contributed by atoms with E-state index in [0.717, 1.165) is 44.6 Å². The van der Waals surface area contributed by atoms with Crippen molar-refractivity contribution < 1.29 is 14.1 Å². The van der Waals surface area contributed by atoms with Crippen molar-refractivity contribution >= 4 is 23.0 Å². The topological polar surface area (TPSA) is 69.9 Å². The van der Waals surface area contributed by atoms with Crippen LogP contribution >= 0.6 is 0 Å². The minimum Gasteiger partial charge on any atom is -0.370 e. The highest BCUT2D eigenvalue weighted by molar-refractivity contribution is 5.96. The molecule has 8 heteroatoms. The largest absolute Gasteiger partial charge is 0.370 e. The number of halogens is 1. The van der Waals surface area contributed by atoms with Crippen molar-refractivity contribution in [3.8, 4) is 0 Å². The molecule has 2 fully saturated rings. The van der Waals surface area contributed by atoms with Gasteiger partial charge < -0.3 is 14.7 Å². The second kappa shape index (κ2) is 8.69. The van der Waals surface area contributed by atoms with Gasteiger partial charge in [-0.3, -0.25) is 14.9 Å². The second-order valence-electron chi connectivity index (χ2n) is 7.76. The Labute approximate surface area is 174 Å². The predicted molar refractivity (Wildman–Crippen MR) is 114 cm³/mol. The molecule has 30 heavy (non-hydrogen) atoms. The summed E-state index contributed by atoms with van der Waals surface area (Å²) in [6, 6.07) is 11.2. The summed E-state index contributed by atoms with van der Waals surface area (Å²) in [6.07, 6.45) is 2.82. The molecule has 0 radical (unpaired) electrons. The second-order valence-corrected chi connectivity index (χ2v) is 7.76. The summed E-state index contributed by atoms with van der Waals surface area (Å²) in [5, 5.41) is 11.6. The third-order valence-electron chi connectivity index (χ3n) is 5.84. The number of hydrogen-bond acceptors (Lipinski definition) is 5. The summed E-state index contributed by atoms with van der Waals surface area (Å²) in [5.74, 6) is -0.462. The van der Waals surface area contributed by atoms with Crippen molar-refractivity contribution in [2.45, 2.75) is 19.3 Å². The van der Waals surface area contributed by atoms with Crippen LogP contribution in [0.25, 0.3) is 0 Å². The number of hydrogen-bond donors (Lipinski definition) is 0. The molecule has 2 saturated heterocycles. The maximum atomic E-state index is 13.2. The zero-order valence-electron chi connectivity index (χ0n) is 16.8. The van der Waals surface area contributed by atoms with Gasteiger partial charge in [0, 0.05) is 56.6 Å². The van der Waals surface area contributed by atoms with E-state index < -0.39 is 4.92 Å². The Morgan fingerprint density at radius 1 is 0.867 bits per heavy atom. The van der Waals surface area contributed by atoms with E-state index in [1.54, 1.807) is 29.2 Å². The molecule has 0 aliphatic carbocycles. The van der Waals surface area contributed by atoms with Crippen molar-refractivity contribution in [2.24, 2.45) is 0 Å². The Bertz CT molecular complexity index is 928. The average Bonchev–Trinajstić information content (AvgIpc) is 3.18. The van der Waals surface area contributed by atoms with Gasteiger partial charge in [0.05, 0.1) is 4.92 Å². The van der Waals surface area contributed by atoms with Crippen molar-refractivity contribution in [3.63, 3.8) is 0 Å². The minimum absolute atomic E-state index is 0.00879. The molecular formula is C22H25FN4O3. The fourth-order valence-electron chi connectivity index (χ4n) is 4.24. The van der Waals surface area contributed by atoms with Crippen LogP contribution in [-0.4, -0.2) is 55.0 Å². The highest BCUT2D eigenvalue weighted by atomic mass is 19.1. The van der Waals surface area contributed by atoms with E-state index in [-0.39, 0.29) is 17.4 Å². The number of nitro groups is 1. The van der Waals surface area contributed by atoms with Gasteiger partial charge in [-0.15, -0.1) is 0 Å². The first-order valence-electron chi connectivity index (χ1n) is 10.4. The van der Waals surface area contributed by atoms with Gasteiger partial charge in [-0.05, 0) is 55.7 Å². The van der Waals surface area contributed by atoms with Crippen molar-refractivity contribution in [1.29, 1.82) is 0 Å². The molecule has 0 aromatic heterocycles. The molecule has 0 N–H and O–H groups in total. The predicted octanol–water partition coefficient (Wildman–Crippen LogP) is 3.69. The van der Waals surface area contributed by atoms with Crippen LogP contribution in [0.5, 0.6) is 0 Å². The molecule has 158 valence electrons. The average molecular weight is 412 g/mol. The standard InChI is InChI=1S/C22H25FN4O3/c23-18-5-7-19(8-6-18)24-12-3-13-26(15-14-24)22(28)17-4-9-20(21(16-17)27(29)30)25-10-1-2-11-25/h4-9,16H,1-3,10-15H2. The highest BCUT2D eigenvalue weighted by Crippen LogP contribution is 2.32. The summed E-state index contributed by atoms with van der Waals surface area (Å²) in [7, 11) is 0. The number of carbonyl (C=O) groups excluding carboxylic acids is 1. The van der Waals surface area contributed by atoms with E-state index in [1.807, 2.05) is 4.90 Å². The van der Waals surface area contributed by atoms with E-state index in [0.29, 0.717) is 30.9 Å². The lowest BCUT2D eigenvalue weighted by Gasteiger charge is -2.24. The fraction of sp³-hybridized carbons (Fsp3) is 0.409. The molecule has 2 aromatic carbocycles. The van der Waals surface area contributed by atoms with Crippen LogP contribution < -0.4 is 9.80 Å². The van der Waals surface area contributed by atoms with Gasteiger partial charge in [-0.25, -0.2) is 4.39 Å². The van der Waals surface area contributed by atoms with Crippen LogP contribution in [0.2, 0.25) is 0 Å². The lowest BCUT2D eigenvalue weighted by atomic mass is 10.1. The number of nitro benzene ring substituents is 1. The summed E-state index contributed by atoms with van der Waals surface area (Å²) in [6.45, 7) is 4.10. The summed E-state index contributed by atoms with van der Waals surface area (Å²) < 4.78 is 13.2. The Morgan fingerprint density at radius 3 is 2.27 bits per heavy atom. The third kappa shape index (κ3) is 4.22. The normalized spacial score (nSPS) is 17.2. The molecule has 4 rings (SSSR count). The highest BCUT2D eigenvalue weighted by Gasteiger charge is 2.26. The number of anilines is 2. The first kappa shape index (κ1) is 20.1. The summed E-state index contributed by atoms with van der Waals surface area (Å²) in [5.41, 5.74) is 1.86. The van der Waals surface area contributed by atoms with E-state index in [4.69, 9.17) is 0 Å². The van der Waals surface area contributed by atoms with Crippen LogP contribution in [-0.2, 0) is 0 Å². The minimum atomic E-state index is -0.400. The summed E-state index contributed by atoms with van der Waals surface area (Å²) >= 11 is 0. The molecule has 0 spiro atoms. The van der Waals surface area contributed by atoms with Gasteiger partial charge in [0.25, 0.3) is 11.6 Å². The monoisotopic (exact) mass is 412 g/mol. The molecule has 0 bridgehead atoms. The molecular weight excluding hydrogens is 387 g/mol. The van der Waals surface area contributed by atoms with Gasteiger partial charge in [-0.2, -0.15) is 0 Å². The zero-order chi connectivity index (χ0) is 21.1.